The molecule has 2 aliphatic heterocycles. The van der Waals surface area contributed by atoms with Crippen LogP contribution in [0, 0.1) is 5.92 Å². The molecule has 3 heterocycles. The second-order valence-electron chi connectivity index (χ2n) is 6.22. The minimum atomic E-state index is 0.0651. The SMILES string of the molecule is CN(Cc1ncccn1)[C@H]1CCN(C(=O)[C@@H]2CCCOC2)C1. The largest absolute Gasteiger partial charge is 0.381 e. The quantitative estimate of drug-likeness (QED) is 0.828. The number of amides is 1. The molecule has 0 aliphatic carbocycles. The molecule has 22 heavy (non-hydrogen) atoms. The van der Waals surface area contributed by atoms with Gasteiger partial charge in [-0.25, -0.2) is 9.97 Å². The summed E-state index contributed by atoms with van der Waals surface area (Å²) in [5.41, 5.74) is 0. The first-order valence-electron chi connectivity index (χ1n) is 8.06. The van der Waals surface area contributed by atoms with E-state index in [1.807, 2.05) is 11.0 Å². The van der Waals surface area contributed by atoms with Crippen LogP contribution < -0.4 is 0 Å². The summed E-state index contributed by atoms with van der Waals surface area (Å²) in [4.78, 5) is 25.3. The standard InChI is InChI=1S/C16H24N4O2/c1-19(11-15-17-6-3-7-18-15)14-5-8-20(10-14)16(21)13-4-2-9-22-12-13/h3,6-7,13-14H,2,4-5,8-12H2,1H3/t13-,14+/m1/s1. The molecule has 1 amide bonds. The van der Waals surface area contributed by atoms with E-state index in [0.717, 1.165) is 51.3 Å². The Kier molecular flexibility index (Phi) is 5.00. The van der Waals surface area contributed by atoms with Gasteiger partial charge in [-0.05, 0) is 32.4 Å². The van der Waals surface area contributed by atoms with Crippen LogP contribution in [0.1, 0.15) is 25.1 Å². The van der Waals surface area contributed by atoms with Gasteiger partial charge in [0.15, 0.2) is 0 Å². The fourth-order valence-corrected chi connectivity index (χ4v) is 3.26. The molecule has 1 aromatic rings. The number of ether oxygens (including phenoxy) is 1. The number of hydrogen-bond acceptors (Lipinski definition) is 5. The van der Waals surface area contributed by atoms with E-state index in [1.165, 1.54) is 0 Å². The monoisotopic (exact) mass is 304 g/mol. The zero-order valence-electron chi connectivity index (χ0n) is 13.1. The van der Waals surface area contributed by atoms with Gasteiger partial charge in [0, 0.05) is 38.1 Å². The predicted octanol–water partition coefficient (Wildman–Crippen LogP) is 0.936. The summed E-state index contributed by atoms with van der Waals surface area (Å²) in [5, 5.41) is 0. The maximum Gasteiger partial charge on any atom is 0.228 e. The van der Waals surface area contributed by atoms with Crippen molar-refractivity contribution in [1.29, 1.82) is 0 Å². The third-order valence-corrected chi connectivity index (χ3v) is 4.62. The number of hydrogen-bond donors (Lipinski definition) is 0. The van der Waals surface area contributed by atoms with Gasteiger partial charge >= 0.3 is 0 Å². The van der Waals surface area contributed by atoms with Crippen LogP contribution in [0.4, 0.5) is 0 Å². The average molecular weight is 304 g/mol. The highest BCUT2D eigenvalue weighted by Gasteiger charge is 2.33. The number of likely N-dealkylation sites (N-methyl/N-ethyl adjacent to an activating group) is 1. The van der Waals surface area contributed by atoms with Crippen molar-refractivity contribution < 1.29 is 9.53 Å². The highest BCUT2D eigenvalue weighted by Crippen LogP contribution is 2.22. The topological polar surface area (TPSA) is 58.6 Å². The number of nitrogens with zero attached hydrogens (tertiary/aromatic N) is 4. The van der Waals surface area contributed by atoms with Crippen molar-refractivity contribution in [2.45, 2.75) is 31.8 Å². The molecule has 2 atom stereocenters. The Morgan fingerprint density at radius 1 is 1.41 bits per heavy atom. The molecule has 2 fully saturated rings. The highest BCUT2D eigenvalue weighted by molar-refractivity contribution is 5.79. The predicted molar refractivity (Wildman–Crippen MR) is 82.0 cm³/mol. The third-order valence-electron chi connectivity index (χ3n) is 4.62. The molecule has 0 N–H and O–H groups in total. The van der Waals surface area contributed by atoms with Gasteiger partial charge < -0.3 is 9.64 Å². The fourth-order valence-electron chi connectivity index (χ4n) is 3.26. The molecular formula is C16H24N4O2. The zero-order chi connectivity index (χ0) is 15.4. The molecule has 0 radical (unpaired) electrons. The normalized spacial score (nSPS) is 25.6. The van der Waals surface area contributed by atoms with E-state index in [1.54, 1.807) is 12.4 Å². The Labute approximate surface area is 131 Å². The van der Waals surface area contributed by atoms with Gasteiger partial charge in [-0.3, -0.25) is 9.69 Å². The molecule has 0 unspecified atom stereocenters. The average Bonchev–Trinajstić information content (AvgIpc) is 3.06. The van der Waals surface area contributed by atoms with Gasteiger partial charge in [-0.2, -0.15) is 0 Å². The molecule has 0 spiro atoms. The molecule has 0 saturated carbocycles. The Bertz CT molecular complexity index is 490. The smallest absolute Gasteiger partial charge is 0.228 e. The Morgan fingerprint density at radius 3 is 2.95 bits per heavy atom. The fraction of sp³-hybridized carbons (Fsp3) is 0.688. The van der Waals surface area contributed by atoms with Crippen molar-refractivity contribution >= 4 is 5.91 Å². The summed E-state index contributed by atoms with van der Waals surface area (Å²) in [6, 6.07) is 2.21. The Balaban J connectivity index is 1.52. The van der Waals surface area contributed by atoms with Crippen LogP contribution in [0.5, 0.6) is 0 Å². The van der Waals surface area contributed by atoms with Gasteiger partial charge in [-0.1, -0.05) is 0 Å². The van der Waals surface area contributed by atoms with Crippen LogP contribution in [0.15, 0.2) is 18.5 Å². The van der Waals surface area contributed by atoms with Gasteiger partial charge in [0.25, 0.3) is 0 Å². The van der Waals surface area contributed by atoms with E-state index in [0.29, 0.717) is 12.6 Å². The minimum Gasteiger partial charge on any atom is -0.381 e. The maximum absolute atomic E-state index is 12.5. The van der Waals surface area contributed by atoms with Crippen molar-refractivity contribution in [3.8, 4) is 0 Å². The maximum atomic E-state index is 12.5. The lowest BCUT2D eigenvalue weighted by atomic mass is 10.0. The van der Waals surface area contributed by atoms with Gasteiger partial charge in [-0.15, -0.1) is 0 Å². The summed E-state index contributed by atoms with van der Waals surface area (Å²) in [6.45, 7) is 3.76. The first kappa shape index (κ1) is 15.4. The molecule has 2 saturated heterocycles. The van der Waals surface area contributed by atoms with Crippen LogP contribution in [-0.4, -0.2) is 65.1 Å². The minimum absolute atomic E-state index is 0.0651. The van der Waals surface area contributed by atoms with Crippen molar-refractivity contribution in [2.24, 2.45) is 5.92 Å². The van der Waals surface area contributed by atoms with E-state index in [9.17, 15) is 4.79 Å². The zero-order valence-corrected chi connectivity index (χ0v) is 13.1. The third kappa shape index (κ3) is 3.62. The number of likely N-dealkylation sites (tertiary alicyclic amines) is 1. The summed E-state index contributed by atoms with van der Waals surface area (Å²) in [6.07, 6.45) is 6.52. The lowest BCUT2D eigenvalue weighted by molar-refractivity contribution is -0.138. The van der Waals surface area contributed by atoms with E-state index in [4.69, 9.17) is 4.74 Å². The first-order valence-corrected chi connectivity index (χ1v) is 8.06. The van der Waals surface area contributed by atoms with Crippen molar-refractivity contribution in [3.05, 3.63) is 24.3 Å². The summed E-state index contributed by atoms with van der Waals surface area (Å²) >= 11 is 0. The molecule has 0 aromatic carbocycles. The van der Waals surface area contributed by atoms with E-state index in [2.05, 4.69) is 21.9 Å². The van der Waals surface area contributed by atoms with Crippen LogP contribution in [-0.2, 0) is 16.1 Å². The Hall–Kier alpha value is -1.53. The molecular weight excluding hydrogens is 280 g/mol. The molecule has 2 aliphatic rings. The number of carbonyl (C=O) groups is 1. The van der Waals surface area contributed by atoms with Crippen LogP contribution >= 0.6 is 0 Å². The van der Waals surface area contributed by atoms with Crippen LogP contribution in [0.25, 0.3) is 0 Å². The summed E-state index contributed by atoms with van der Waals surface area (Å²) < 4.78 is 5.44. The molecule has 3 rings (SSSR count). The van der Waals surface area contributed by atoms with Crippen molar-refractivity contribution in [1.82, 2.24) is 19.8 Å². The van der Waals surface area contributed by atoms with Crippen LogP contribution in [0.3, 0.4) is 0 Å². The van der Waals surface area contributed by atoms with Crippen LogP contribution in [0.2, 0.25) is 0 Å². The number of carbonyl (C=O) groups excluding carboxylic acids is 1. The van der Waals surface area contributed by atoms with E-state index in [-0.39, 0.29) is 11.8 Å². The summed E-state index contributed by atoms with van der Waals surface area (Å²) in [5.74, 6) is 1.16. The molecule has 1 aromatic heterocycles. The second-order valence-corrected chi connectivity index (χ2v) is 6.22. The van der Waals surface area contributed by atoms with E-state index >= 15 is 0 Å². The van der Waals surface area contributed by atoms with Crippen molar-refractivity contribution in [2.75, 3.05) is 33.4 Å². The lowest BCUT2D eigenvalue weighted by Gasteiger charge is -2.27. The van der Waals surface area contributed by atoms with Crippen molar-refractivity contribution in [3.63, 3.8) is 0 Å². The second kappa shape index (κ2) is 7.15. The lowest BCUT2D eigenvalue weighted by Crippen LogP contribution is -2.40. The van der Waals surface area contributed by atoms with Gasteiger partial charge in [0.05, 0.1) is 19.1 Å². The Morgan fingerprint density at radius 2 is 2.23 bits per heavy atom. The summed E-state index contributed by atoms with van der Waals surface area (Å²) in [7, 11) is 2.08. The molecule has 6 nitrogen and oxygen atoms in total. The first-order chi connectivity index (χ1) is 10.7. The highest BCUT2D eigenvalue weighted by atomic mass is 16.5. The van der Waals surface area contributed by atoms with E-state index < -0.39 is 0 Å². The van der Waals surface area contributed by atoms with Gasteiger partial charge in [0.1, 0.15) is 5.82 Å². The number of rotatable bonds is 4. The molecule has 6 heteroatoms. The molecule has 120 valence electrons. The number of aromatic nitrogens is 2. The van der Waals surface area contributed by atoms with Gasteiger partial charge in [0.2, 0.25) is 5.91 Å². The molecule has 0 bridgehead atoms.